The maximum atomic E-state index is 14.8. The Morgan fingerprint density at radius 1 is 0.963 bits per heavy atom. The van der Waals surface area contributed by atoms with Gasteiger partial charge in [0.1, 0.15) is 18.1 Å². The van der Waals surface area contributed by atoms with Crippen LogP contribution >= 0.6 is 0 Å². The number of nitrogens with zero attached hydrogens (tertiary/aromatic N) is 4. The lowest BCUT2D eigenvalue weighted by atomic mass is 9.74. The van der Waals surface area contributed by atoms with Crippen molar-refractivity contribution in [1.82, 2.24) is 30.3 Å². The Kier molecular flexibility index (Phi) is 9.91. The average molecular weight is 731 g/mol. The van der Waals surface area contributed by atoms with E-state index in [1.54, 1.807) is 16.0 Å². The minimum absolute atomic E-state index is 0.0541. The highest BCUT2D eigenvalue weighted by atomic mass is 16.2. The van der Waals surface area contributed by atoms with Gasteiger partial charge in [-0.1, -0.05) is 64.1 Å². The molecule has 282 valence electrons. The first-order valence-corrected chi connectivity index (χ1v) is 18.9. The summed E-state index contributed by atoms with van der Waals surface area (Å²) in [5.41, 5.74) is 5.28. The molecule has 12 heteroatoms. The third kappa shape index (κ3) is 6.90. The number of amides is 4. The second-order valence-corrected chi connectivity index (χ2v) is 16.1. The molecule has 1 saturated heterocycles. The molecule has 4 N–H and O–H groups in total. The summed E-state index contributed by atoms with van der Waals surface area (Å²) in [6.07, 6.45) is 4.31. The van der Waals surface area contributed by atoms with Gasteiger partial charge >= 0.3 is 0 Å². The molecule has 4 amide bonds. The van der Waals surface area contributed by atoms with Crippen LogP contribution in [-0.2, 0) is 51.1 Å². The summed E-state index contributed by atoms with van der Waals surface area (Å²) in [6.45, 7) is 9.81. The van der Waals surface area contributed by atoms with Crippen LogP contribution in [0.5, 0.6) is 0 Å². The molecule has 2 aliphatic heterocycles. The minimum Gasteiger partial charge on any atom is -0.337 e. The maximum Gasteiger partial charge on any atom is 0.274 e. The number of hydrogen-bond acceptors (Lipinski definition) is 7. The molecular formula is C42H50N8O4. The monoisotopic (exact) mass is 730 g/mol. The van der Waals surface area contributed by atoms with E-state index < -0.39 is 10.8 Å². The quantitative estimate of drug-likeness (QED) is 0.177. The van der Waals surface area contributed by atoms with E-state index in [9.17, 15) is 19.2 Å². The molecule has 4 aromatic rings. The molecule has 1 fully saturated rings. The van der Waals surface area contributed by atoms with E-state index >= 15 is 0 Å². The van der Waals surface area contributed by atoms with Gasteiger partial charge in [-0.15, -0.1) is 0 Å². The van der Waals surface area contributed by atoms with Gasteiger partial charge < -0.3 is 25.8 Å². The highest BCUT2D eigenvalue weighted by Crippen LogP contribution is 2.47. The fourth-order valence-electron chi connectivity index (χ4n) is 8.37. The first-order chi connectivity index (χ1) is 25.9. The molecule has 1 aliphatic carbocycles. The third-order valence-corrected chi connectivity index (χ3v) is 11.7. The van der Waals surface area contributed by atoms with Crippen LogP contribution in [0.3, 0.4) is 0 Å². The summed E-state index contributed by atoms with van der Waals surface area (Å²) < 4.78 is 0. The number of aromatic amines is 1. The van der Waals surface area contributed by atoms with Gasteiger partial charge in [-0.05, 0) is 85.7 Å². The van der Waals surface area contributed by atoms with E-state index in [1.807, 2.05) is 74.6 Å². The van der Waals surface area contributed by atoms with Gasteiger partial charge in [-0.25, -0.2) is 4.98 Å². The predicted molar refractivity (Wildman–Crippen MR) is 207 cm³/mol. The summed E-state index contributed by atoms with van der Waals surface area (Å²) in [5, 5.41) is 16.5. The Hall–Kier alpha value is -5.36. The number of carbonyl (C=O) groups excluding carboxylic acids is 4. The van der Waals surface area contributed by atoms with Crippen LogP contribution < -0.4 is 16.0 Å². The normalized spacial score (nSPS) is 18.6. The number of hydrogen-bond donors (Lipinski definition) is 4. The first-order valence-electron chi connectivity index (χ1n) is 18.9. The Balaban J connectivity index is 1.08. The molecule has 0 bridgehead atoms. The third-order valence-electron chi connectivity index (χ3n) is 11.7. The number of likely N-dealkylation sites (tertiary alicyclic amines) is 1. The van der Waals surface area contributed by atoms with Crippen molar-refractivity contribution in [2.75, 3.05) is 37.3 Å². The number of fused-ring (bicyclic) bond motifs is 3. The lowest BCUT2D eigenvalue weighted by Crippen LogP contribution is -2.52. The van der Waals surface area contributed by atoms with Crippen LogP contribution in [0, 0.1) is 5.41 Å². The topological polar surface area (TPSA) is 152 Å². The highest BCUT2D eigenvalue weighted by Gasteiger charge is 2.51. The van der Waals surface area contributed by atoms with E-state index in [2.05, 4.69) is 51.9 Å². The molecule has 3 aliphatic rings. The highest BCUT2D eigenvalue weighted by molar-refractivity contribution is 6.06. The SMILES string of the molecule is CCC1(C(=O)N(CC(=O)Nc2ccc3c(c2)C[C@@]2(C3)C(=O)Nc3ncccc32)Cc2ccccc2CNC)CCN(C(=O)c2cc(C(C)(C)C)[nH]n2)CC1. The van der Waals surface area contributed by atoms with E-state index in [4.69, 9.17) is 0 Å². The number of H-pyrrole nitrogens is 1. The summed E-state index contributed by atoms with van der Waals surface area (Å²) in [5.74, 6) is 0.0192. The summed E-state index contributed by atoms with van der Waals surface area (Å²) in [4.78, 5) is 63.2. The van der Waals surface area contributed by atoms with E-state index in [0.29, 0.717) is 68.9 Å². The molecule has 0 radical (unpaired) electrons. The van der Waals surface area contributed by atoms with Crippen molar-refractivity contribution in [3.05, 3.63) is 106 Å². The molecule has 2 aromatic heterocycles. The zero-order valence-corrected chi connectivity index (χ0v) is 31.8. The van der Waals surface area contributed by atoms with E-state index in [-0.39, 0.29) is 42.1 Å². The van der Waals surface area contributed by atoms with Crippen molar-refractivity contribution in [2.45, 2.75) is 83.7 Å². The number of anilines is 2. The number of nitrogens with one attached hydrogen (secondary N) is 4. The number of carbonyl (C=O) groups is 4. The molecule has 4 heterocycles. The molecule has 1 spiro atoms. The van der Waals surface area contributed by atoms with Crippen molar-refractivity contribution in [3.8, 4) is 0 Å². The van der Waals surface area contributed by atoms with Gasteiger partial charge in [0.25, 0.3) is 5.91 Å². The molecule has 0 unspecified atom stereocenters. The minimum atomic E-state index is -0.730. The average Bonchev–Trinajstić information content (AvgIpc) is 3.88. The standard InChI is InChI=1S/C42H50N8O4/c1-6-41(15-18-49(19-16-41)37(52)33-21-34(48-47-33)40(2,3)4)39(54)50(25-29-11-8-7-10-28(29)24-43-5)26-35(51)45-31-14-13-27-22-42(23-30(27)20-31)32-12-9-17-44-36(32)46-38(42)53/h7-14,17,20-21,43H,6,15-16,18-19,22-26H2,1-5H3,(H,45,51)(H,47,48)(H,44,46,53)/t42-/m1/s1. The van der Waals surface area contributed by atoms with Crippen LogP contribution in [0.1, 0.15) is 91.0 Å². The van der Waals surface area contributed by atoms with Gasteiger partial charge in [0, 0.05) is 54.7 Å². The molecule has 1 atom stereocenters. The Morgan fingerprint density at radius 2 is 1.70 bits per heavy atom. The van der Waals surface area contributed by atoms with Crippen molar-refractivity contribution >= 4 is 35.1 Å². The molecule has 2 aromatic carbocycles. The number of aromatic nitrogens is 3. The van der Waals surface area contributed by atoms with Crippen molar-refractivity contribution in [3.63, 3.8) is 0 Å². The second-order valence-electron chi connectivity index (χ2n) is 16.1. The maximum absolute atomic E-state index is 14.8. The lowest BCUT2D eigenvalue weighted by molar-refractivity contribution is -0.147. The second kappa shape index (κ2) is 14.5. The Labute approximate surface area is 316 Å². The predicted octanol–water partition coefficient (Wildman–Crippen LogP) is 5.11. The van der Waals surface area contributed by atoms with Crippen molar-refractivity contribution in [2.24, 2.45) is 5.41 Å². The van der Waals surface area contributed by atoms with Crippen LogP contribution in [0.15, 0.2) is 66.9 Å². The molecule has 7 rings (SSSR count). The van der Waals surface area contributed by atoms with Crippen LogP contribution in [-0.4, -0.2) is 75.3 Å². The van der Waals surface area contributed by atoms with Crippen molar-refractivity contribution < 1.29 is 19.2 Å². The van der Waals surface area contributed by atoms with E-state index in [1.165, 1.54) is 0 Å². The molecule has 0 saturated carbocycles. The fraction of sp³-hybridized carbons (Fsp3) is 0.429. The van der Waals surface area contributed by atoms with Gasteiger partial charge in [0.15, 0.2) is 0 Å². The zero-order valence-electron chi connectivity index (χ0n) is 31.8. The lowest BCUT2D eigenvalue weighted by Gasteiger charge is -2.42. The molecule has 12 nitrogen and oxygen atoms in total. The number of piperidine rings is 1. The zero-order chi connectivity index (χ0) is 38.3. The fourth-order valence-corrected chi connectivity index (χ4v) is 8.37. The van der Waals surface area contributed by atoms with Crippen molar-refractivity contribution in [1.29, 1.82) is 0 Å². The number of pyridine rings is 1. The van der Waals surface area contributed by atoms with Gasteiger partial charge in [-0.3, -0.25) is 24.3 Å². The first kappa shape index (κ1) is 37.0. The van der Waals surface area contributed by atoms with Crippen LogP contribution in [0.4, 0.5) is 11.5 Å². The van der Waals surface area contributed by atoms with Gasteiger partial charge in [0.05, 0.1) is 10.8 Å². The Morgan fingerprint density at radius 3 is 2.41 bits per heavy atom. The molecule has 54 heavy (non-hydrogen) atoms. The smallest absolute Gasteiger partial charge is 0.274 e. The van der Waals surface area contributed by atoms with Gasteiger partial charge in [-0.2, -0.15) is 5.10 Å². The van der Waals surface area contributed by atoms with Crippen LogP contribution in [0.25, 0.3) is 0 Å². The number of rotatable bonds is 10. The van der Waals surface area contributed by atoms with Gasteiger partial charge in [0.2, 0.25) is 17.7 Å². The summed E-state index contributed by atoms with van der Waals surface area (Å²) in [7, 11) is 1.88. The van der Waals surface area contributed by atoms with Crippen LogP contribution in [0.2, 0.25) is 0 Å². The summed E-state index contributed by atoms with van der Waals surface area (Å²) in [6, 6.07) is 19.4. The largest absolute Gasteiger partial charge is 0.337 e. The molecular weight excluding hydrogens is 681 g/mol. The van der Waals surface area contributed by atoms with E-state index in [0.717, 1.165) is 33.5 Å². The summed E-state index contributed by atoms with van der Waals surface area (Å²) >= 11 is 0. The number of benzene rings is 2. The Bertz CT molecular complexity index is 2090.